The number of guanidine groups is 1. The number of benzene rings is 1. The van der Waals surface area contributed by atoms with Crippen molar-refractivity contribution in [1.29, 1.82) is 0 Å². The lowest BCUT2D eigenvalue weighted by atomic mass is 9.89. The van der Waals surface area contributed by atoms with Crippen LogP contribution in [0.3, 0.4) is 0 Å². The molecule has 2 heterocycles. The Bertz CT molecular complexity index is 686. The zero-order chi connectivity index (χ0) is 18.2. The van der Waals surface area contributed by atoms with Crippen LogP contribution >= 0.6 is 24.0 Å². The van der Waals surface area contributed by atoms with E-state index in [-0.39, 0.29) is 30.1 Å². The lowest BCUT2D eigenvalue weighted by Gasteiger charge is -2.32. The van der Waals surface area contributed by atoms with Crippen molar-refractivity contribution in [3.8, 4) is 0 Å². The molecular formula is C21H30IN3O2. The Labute approximate surface area is 179 Å². The highest BCUT2D eigenvalue weighted by atomic mass is 127. The van der Waals surface area contributed by atoms with Gasteiger partial charge >= 0.3 is 0 Å². The molecular weight excluding hydrogens is 453 g/mol. The van der Waals surface area contributed by atoms with Crippen LogP contribution < -0.4 is 10.6 Å². The average Bonchev–Trinajstić information content (AvgIpc) is 3.19. The van der Waals surface area contributed by atoms with Gasteiger partial charge in [0.05, 0.1) is 12.4 Å². The number of hydrogen-bond acceptors (Lipinski definition) is 3. The molecule has 0 amide bonds. The number of nitrogens with zero attached hydrogens (tertiary/aromatic N) is 1. The van der Waals surface area contributed by atoms with Gasteiger partial charge in [-0.1, -0.05) is 29.8 Å². The molecule has 1 saturated heterocycles. The summed E-state index contributed by atoms with van der Waals surface area (Å²) in [7, 11) is 0. The van der Waals surface area contributed by atoms with Gasteiger partial charge in [0.15, 0.2) is 5.96 Å². The third kappa shape index (κ3) is 6.53. The van der Waals surface area contributed by atoms with Crippen molar-refractivity contribution in [2.24, 2.45) is 10.9 Å². The fourth-order valence-electron chi connectivity index (χ4n) is 3.31. The van der Waals surface area contributed by atoms with E-state index in [9.17, 15) is 0 Å². The van der Waals surface area contributed by atoms with Crippen LogP contribution in [0.1, 0.15) is 42.8 Å². The third-order valence-electron chi connectivity index (χ3n) is 4.70. The Hall–Kier alpha value is -1.54. The number of halogens is 1. The van der Waals surface area contributed by atoms with Gasteiger partial charge < -0.3 is 19.8 Å². The van der Waals surface area contributed by atoms with Gasteiger partial charge in [-0.15, -0.1) is 24.0 Å². The maximum atomic E-state index is 6.11. The molecule has 5 nitrogen and oxygen atoms in total. The standard InChI is InChI=1S/C21H29N3O2.HI/c1-3-22-21(24-15-19-7-5-12-25-19)23-14-18-6-4-13-26-20(18)17-10-8-16(2)9-11-17;/h5,7-12,18,20H,3-4,6,13-15H2,1-2H3,(H2,22,23,24);1H. The van der Waals surface area contributed by atoms with E-state index >= 15 is 0 Å². The van der Waals surface area contributed by atoms with Gasteiger partial charge in [-0.2, -0.15) is 0 Å². The first-order chi connectivity index (χ1) is 12.8. The minimum Gasteiger partial charge on any atom is -0.467 e. The molecule has 6 heteroatoms. The number of hydrogen-bond donors (Lipinski definition) is 2. The number of ether oxygens (including phenoxy) is 1. The summed E-state index contributed by atoms with van der Waals surface area (Å²) < 4.78 is 11.5. The second-order valence-electron chi connectivity index (χ2n) is 6.76. The highest BCUT2D eigenvalue weighted by molar-refractivity contribution is 14.0. The van der Waals surface area contributed by atoms with Crippen molar-refractivity contribution in [3.63, 3.8) is 0 Å². The minimum atomic E-state index is 0. The summed E-state index contributed by atoms with van der Waals surface area (Å²) >= 11 is 0. The molecule has 27 heavy (non-hydrogen) atoms. The normalized spacial score (nSPS) is 20.0. The number of furan rings is 1. The van der Waals surface area contributed by atoms with Crippen LogP contribution in [0, 0.1) is 12.8 Å². The van der Waals surface area contributed by atoms with Crippen LogP contribution in [0.5, 0.6) is 0 Å². The Kier molecular flexibility index (Phi) is 9.14. The largest absolute Gasteiger partial charge is 0.467 e. The molecule has 0 spiro atoms. The number of rotatable bonds is 6. The molecule has 2 N–H and O–H groups in total. The molecule has 2 atom stereocenters. The molecule has 0 saturated carbocycles. The fourth-order valence-corrected chi connectivity index (χ4v) is 3.31. The Morgan fingerprint density at radius 1 is 1.19 bits per heavy atom. The van der Waals surface area contributed by atoms with Gasteiger partial charge in [0.2, 0.25) is 0 Å². The molecule has 0 bridgehead atoms. The summed E-state index contributed by atoms with van der Waals surface area (Å²) in [5.74, 6) is 2.11. The minimum absolute atomic E-state index is 0. The molecule has 3 rings (SSSR count). The summed E-state index contributed by atoms with van der Waals surface area (Å²) in [6.07, 6.45) is 4.08. The summed E-state index contributed by atoms with van der Waals surface area (Å²) in [5, 5.41) is 6.78. The lowest BCUT2D eigenvalue weighted by Crippen LogP contribution is -2.42. The zero-order valence-electron chi connectivity index (χ0n) is 16.1. The summed E-state index contributed by atoms with van der Waals surface area (Å²) in [4.78, 5) is 4.61. The van der Waals surface area contributed by atoms with E-state index in [1.165, 1.54) is 11.1 Å². The molecule has 0 radical (unpaired) electrons. The van der Waals surface area contributed by atoms with Gasteiger partial charge in [0.25, 0.3) is 0 Å². The molecule has 1 fully saturated rings. The van der Waals surface area contributed by atoms with Crippen LogP contribution in [0.2, 0.25) is 0 Å². The first-order valence-electron chi connectivity index (χ1n) is 9.49. The topological polar surface area (TPSA) is 58.8 Å². The Balaban J connectivity index is 0.00000261. The van der Waals surface area contributed by atoms with Crippen LogP contribution in [-0.4, -0.2) is 25.7 Å². The van der Waals surface area contributed by atoms with Gasteiger partial charge in [-0.05, 0) is 44.4 Å². The predicted molar refractivity (Wildman–Crippen MR) is 120 cm³/mol. The SMILES string of the molecule is CCNC(=NCc1ccco1)NCC1CCCOC1c1ccc(C)cc1.I. The average molecular weight is 483 g/mol. The van der Waals surface area contributed by atoms with Crippen molar-refractivity contribution in [3.05, 3.63) is 59.5 Å². The third-order valence-corrected chi connectivity index (χ3v) is 4.70. The van der Waals surface area contributed by atoms with Crippen LogP contribution in [0.25, 0.3) is 0 Å². The Morgan fingerprint density at radius 2 is 2.00 bits per heavy atom. The van der Waals surface area contributed by atoms with Gasteiger partial charge in [-0.3, -0.25) is 0 Å². The van der Waals surface area contributed by atoms with Gasteiger partial charge in [-0.25, -0.2) is 4.99 Å². The van der Waals surface area contributed by atoms with Gasteiger partial charge in [0, 0.05) is 25.6 Å². The second kappa shape index (κ2) is 11.3. The van der Waals surface area contributed by atoms with E-state index in [1.807, 2.05) is 12.1 Å². The first-order valence-corrected chi connectivity index (χ1v) is 9.49. The predicted octanol–water partition coefficient (Wildman–Crippen LogP) is 4.43. The second-order valence-corrected chi connectivity index (χ2v) is 6.76. The van der Waals surface area contributed by atoms with Gasteiger partial charge in [0.1, 0.15) is 12.3 Å². The summed E-state index contributed by atoms with van der Waals surface area (Å²) in [6, 6.07) is 12.5. The van der Waals surface area contributed by atoms with Crippen molar-refractivity contribution in [2.45, 2.75) is 39.3 Å². The first kappa shape index (κ1) is 21.8. The molecule has 1 aromatic heterocycles. The zero-order valence-corrected chi connectivity index (χ0v) is 18.4. The van der Waals surface area contributed by atoms with Crippen molar-refractivity contribution in [2.75, 3.05) is 19.7 Å². The van der Waals surface area contributed by atoms with Crippen molar-refractivity contribution >= 4 is 29.9 Å². The molecule has 2 unspecified atom stereocenters. The summed E-state index contributed by atoms with van der Waals surface area (Å²) in [5.41, 5.74) is 2.54. The summed E-state index contributed by atoms with van der Waals surface area (Å²) in [6.45, 7) is 7.22. The number of aliphatic imine (C=N–C) groups is 1. The quantitative estimate of drug-likeness (QED) is 0.363. The maximum absolute atomic E-state index is 6.11. The van der Waals surface area contributed by atoms with E-state index in [2.05, 4.69) is 53.7 Å². The molecule has 2 aromatic rings. The van der Waals surface area contributed by atoms with Crippen LogP contribution in [-0.2, 0) is 11.3 Å². The highest BCUT2D eigenvalue weighted by Crippen LogP contribution is 2.33. The fraction of sp³-hybridized carbons (Fsp3) is 0.476. The molecule has 0 aliphatic carbocycles. The monoisotopic (exact) mass is 483 g/mol. The number of nitrogens with one attached hydrogen (secondary N) is 2. The lowest BCUT2D eigenvalue weighted by molar-refractivity contribution is -0.0265. The molecule has 1 aliphatic rings. The number of aryl methyl sites for hydroxylation is 1. The van der Waals surface area contributed by atoms with Crippen LogP contribution in [0.4, 0.5) is 0 Å². The van der Waals surface area contributed by atoms with Crippen molar-refractivity contribution < 1.29 is 9.15 Å². The van der Waals surface area contributed by atoms with E-state index in [4.69, 9.17) is 9.15 Å². The van der Waals surface area contributed by atoms with Crippen molar-refractivity contribution in [1.82, 2.24) is 10.6 Å². The van der Waals surface area contributed by atoms with E-state index in [0.717, 1.165) is 44.3 Å². The van der Waals surface area contributed by atoms with Crippen LogP contribution in [0.15, 0.2) is 52.1 Å². The Morgan fingerprint density at radius 3 is 2.70 bits per heavy atom. The van der Waals surface area contributed by atoms with E-state index in [0.29, 0.717) is 12.5 Å². The highest BCUT2D eigenvalue weighted by Gasteiger charge is 2.27. The molecule has 1 aromatic carbocycles. The molecule has 1 aliphatic heterocycles. The smallest absolute Gasteiger partial charge is 0.191 e. The van der Waals surface area contributed by atoms with E-state index in [1.54, 1.807) is 6.26 Å². The molecule has 148 valence electrons. The maximum Gasteiger partial charge on any atom is 0.191 e. The van der Waals surface area contributed by atoms with E-state index < -0.39 is 0 Å².